The summed E-state index contributed by atoms with van der Waals surface area (Å²) in [6, 6.07) is 0.289. The van der Waals surface area contributed by atoms with Gasteiger partial charge in [0.15, 0.2) is 0 Å². The number of hydrogen-bond acceptors (Lipinski definition) is 2. The highest BCUT2D eigenvalue weighted by Crippen LogP contribution is 2.49. The summed E-state index contributed by atoms with van der Waals surface area (Å²) in [5, 5.41) is 0. The largest absolute Gasteiger partial charge is 0.485 e. The normalized spacial score (nSPS) is 32.3. The number of rotatable bonds is 8. The first kappa shape index (κ1) is 40.0. The molecule has 2 heteroatoms. The Balaban J connectivity index is 0.816. The summed E-state index contributed by atoms with van der Waals surface area (Å²) in [4.78, 5) is 2.72. The molecule has 0 aromatic rings. The molecule has 12 aliphatic rings. The van der Waals surface area contributed by atoms with Crippen LogP contribution in [0.1, 0.15) is 96.3 Å². The minimum absolute atomic E-state index is 0.118. The van der Waals surface area contributed by atoms with Crippen molar-refractivity contribution in [1.29, 1.82) is 0 Å². The van der Waals surface area contributed by atoms with Crippen molar-refractivity contribution < 1.29 is 4.74 Å². The second kappa shape index (κ2) is 17.4. The standard InChI is InChI=1S/C62H63NO/c1-3-13-45(14-4-1)57-23-12-24-58-60-40-48(31-38-61(60)64-62(57)58)42-25-32-51(33-26-42)63(53-36-29-47(30-37-53)55-22-11-19-44-17-7-9-20-54(44)55)52-34-27-43(28-35-52)50-39-49-18-8-10-21-56(49)59(41-50)46-15-5-2-6-16-46/h1-3,5-6,9-11,13,15,19-21,23,25,27,29-34,36,38-40,42,46,53,55,59-61H,4,7-8,12,14,16-18,22,24,26,28,35,37,41H2. The molecular weight excluding hydrogens is 775 g/mol. The molecular formula is C62H63NO. The lowest BCUT2D eigenvalue weighted by molar-refractivity contribution is 0.170. The molecule has 1 heterocycles. The number of fused-ring (bicyclic) bond motifs is 2. The van der Waals surface area contributed by atoms with Crippen molar-refractivity contribution in [1.82, 2.24) is 4.90 Å². The molecule has 2 nitrogen and oxygen atoms in total. The van der Waals surface area contributed by atoms with Gasteiger partial charge in [-0.05, 0) is 182 Å². The van der Waals surface area contributed by atoms with E-state index in [4.69, 9.17) is 4.74 Å². The molecule has 7 atom stereocenters. The molecule has 12 rings (SSSR count). The van der Waals surface area contributed by atoms with Gasteiger partial charge in [-0.1, -0.05) is 140 Å². The quantitative estimate of drug-likeness (QED) is 0.241. The van der Waals surface area contributed by atoms with Gasteiger partial charge in [-0.15, -0.1) is 0 Å². The first-order valence-electron chi connectivity index (χ1n) is 25.0. The van der Waals surface area contributed by atoms with Crippen LogP contribution in [0.4, 0.5) is 0 Å². The van der Waals surface area contributed by atoms with Crippen LogP contribution in [0.5, 0.6) is 0 Å². The van der Waals surface area contributed by atoms with Crippen molar-refractivity contribution in [2.75, 3.05) is 0 Å². The number of hydrogen-bond donors (Lipinski definition) is 0. The highest BCUT2D eigenvalue weighted by molar-refractivity contribution is 5.56. The zero-order valence-corrected chi connectivity index (χ0v) is 37.5. The average molecular weight is 838 g/mol. The van der Waals surface area contributed by atoms with Crippen LogP contribution in [-0.2, 0) is 4.74 Å². The molecule has 322 valence electrons. The van der Waals surface area contributed by atoms with E-state index in [2.05, 4.69) is 163 Å². The van der Waals surface area contributed by atoms with E-state index in [1.54, 1.807) is 33.4 Å². The molecule has 0 saturated heterocycles. The summed E-state index contributed by atoms with van der Waals surface area (Å²) in [7, 11) is 0. The highest BCUT2D eigenvalue weighted by Gasteiger charge is 2.39. The number of nitrogens with zero attached hydrogens (tertiary/aromatic N) is 1. The molecule has 0 N–H and O–H groups in total. The first-order chi connectivity index (χ1) is 31.7. The van der Waals surface area contributed by atoms with Gasteiger partial charge < -0.3 is 9.64 Å². The summed E-state index contributed by atoms with van der Waals surface area (Å²) >= 11 is 0. The van der Waals surface area contributed by atoms with Gasteiger partial charge >= 0.3 is 0 Å². The fraction of sp³-hybridized carbons (Fsp3) is 0.355. The van der Waals surface area contributed by atoms with Gasteiger partial charge in [-0.2, -0.15) is 0 Å². The van der Waals surface area contributed by atoms with Crippen LogP contribution >= 0.6 is 0 Å². The summed E-state index contributed by atoms with van der Waals surface area (Å²) in [6.45, 7) is 0. The maximum atomic E-state index is 6.76. The van der Waals surface area contributed by atoms with Crippen molar-refractivity contribution in [2.24, 2.45) is 29.6 Å². The predicted octanol–water partition coefficient (Wildman–Crippen LogP) is 15.3. The van der Waals surface area contributed by atoms with Crippen molar-refractivity contribution >= 4 is 0 Å². The molecule has 0 aromatic heterocycles. The van der Waals surface area contributed by atoms with Gasteiger partial charge in [0.05, 0.1) is 6.04 Å². The van der Waals surface area contributed by atoms with Gasteiger partial charge in [0, 0.05) is 34.7 Å². The van der Waals surface area contributed by atoms with E-state index in [1.165, 1.54) is 57.9 Å². The van der Waals surface area contributed by atoms with Crippen LogP contribution in [-0.4, -0.2) is 17.0 Å². The van der Waals surface area contributed by atoms with Crippen molar-refractivity contribution in [3.63, 3.8) is 0 Å². The molecule has 0 bridgehead atoms. The van der Waals surface area contributed by atoms with Crippen LogP contribution in [0.15, 0.2) is 236 Å². The summed E-state index contributed by atoms with van der Waals surface area (Å²) in [5.41, 5.74) is 19.5. The zero-order chi connectivity index (χ0) is 42.4. The zero-order valence-electron chi connectivity index (χ0n) is 37.5. The lowest BCUT2D eigenvalue weighted by atomic mass is 9.70. The van der Waals surface area contributed by atoms with Crippen LogP contribution in [0.25, 0.3) is 0 Å². The van der Waals surface area contributed by atoms with Crippen molar-refractivity contribution in [3.05, 3.63) is 236 Å². The minimum Gasteiger partial charge on any atom is -0.485 e. The molecule has 0 aromatic carbocycles. The molecule has 0 saturated carbocycles. The Hall–Kier alpha value is -5.60. The third-order valence-corrected chi connectivity index (χ3v) is 16.3. The molecule has 7 unspecified atom stereocenters. The Morgan fingerprint density at radius 3 is 2.28 bits per heavy atom. The van der Waals surface area contributed by atoms with E-state index in [0.717, 1.165) is 83.5 Å². The minimum atomic E-state index is 0.118. The Labute approximate surface area is 382 Å². The third-order valence-electron chi connectivity index (χ3n) is 16.3. The van der Waals surface area contributed by atoms with Gasteiger partial charge in [-0.3, -0.25) is 0 Å². The number of ether oxygens (including phenoxy) is 1. The Bertz CT molecular complexity index is 2640. The SMILES string of the molecule is C1=CCCC(C2=CCCC3=C2OC2C=CC(C4C=CC(N(C5=CC=C(C6=CC7=C(C=CCC7)C(C7C=CC=CC7)C6)CC5)C5C=CC(C6CC=CC7=C6C=CCC7)=CC5)=CC4)=CC32)=C1. The Kier molecular flexibility index (Phi) is 10.9. The Morgan fingerprint density at radius 1 is 0.562 bits per heavy atom. The van der Waals surface area contributed by atoms with Gasteiger partial charge in [0.1, 0.15) is 11.9 Å². The lowest BCUT2D eigenvalue weighted by Gasteiger charge is -2.39. The van der Waals surface area contributed by atoms with E-state index in [9.17, 15) is 0 Å². The summed E-state index contributed by atoms with van der Waals surface area (Å²) < 4.78 is 6.76. The second-order valence-corrected chi connectivity index (χ2v) is 19.9. The molecule has 0 radical (unpaired) electrons. The first-order valence-corrected chi connectivity index (χ1v) is 25.0. The van der Waals surface area contributed by atoms with Gasteiger partial charge in [-0.25, -0.2) is 0 Å². The van der Waals surface area contributed by atoms with Crippen LogP contribution in [0, 0.1) is 29.6 Å². The van der Waals surface area contributed by atoms with Crippen LogP contribution in [0.3, 0.4) is 0 Å². The molecule has 0 fully saturated rings. The molecule has 0 amide bonds. The monoisotopic (exact) mass is 837 g/mol. The lowest BCUT2D eigenvalue weighted by Crippen LogP contribution is -2.34. The van der Waals surface area contributed by atoms with Crippen molar-refractivity contribution in [2.45, 2.75) is 108 Å². The number of allylic oxidation sites excluding steroid dienone is 32. The van der Waals surface area contributed by atoms with E-state index in [-0.39, 0.29) is 12.1 Å². The third kappa shape index (κ3) is 7.55. The van der Waals surface area contributed by atoms with E-state index in [0.29, 0.717) is 29.6 Å². The summed E-state index contributed by atoms with van der Waals surface area (Å²) in [6.07, 6.45) is 79.9. The second-order valence-electron chi connectivity index (χ2n) is 19.9. The predicted molar refractivity (Wildman–Crippen MR) is 265 cm³/mol. The molecule has 64 heavy (non-hydrogen) atoms. The van der Waals surface area contributed by atoms with Gasteiger partial charge in [0.2, 0.25) is 0 Å². The van der Waals surface area contributed by atoms with Gasteiger partial charge in [0.25, 0.3) is 0 Å². The molecule has 1 aliphatic heterocycles. The summed E-state index contributed by atoms with van der Waals surface area (Å²) in [5.74, 6) is 3.52. The smallest absolute Gasteiger partial charge is 0.127 e. The average Bonchev–Trinajstić information content (AvgIpc) is 3.75. The fourth-order valence-corrected chi connectivity index (χ4v) is 12.9. The van der Waals surface area contributed by atoms with E-state index < -0.39 is 0 Å². The molecule has 11 aliphatic carbocycles. The Morgan fingerprint density at radius 2 is 1.47 bits per heavy atom. The highest BCUT2D eigenvalue weighted by atomic mass is 16.5. The maximum Gasteiger partial charge on any atom is 0.127 e. The van der Waals surface area contributed by atoms with Crippen LogP contribution < -0.4 is 0 Å². The molecule has 0 spiro atoms. The van der Waals surface area contributed by atoms with Crippen molar-refractivity contribution in [3.8, 4) is 0 Å². The van der Waals surface area contributed by atoms with Crippen LogP contribution in [0.2, 0.25) is 0 Å². The van der Waals surface area contributed by atoms with E-state index >= 15 is 0 Å². The maximum absolute atomic E-state index is 6.76. The van der Waals surface area contributed by atoms with E-state index in [1.807, 2.05) is 0 Å². The topological polar surface area (TPSA) is 12.5 Å². The fourth-order valence-electron chi connectivity index (χ4n) is 12.9.